The maximum absolute atomic E-state index is 13.1. The average Bonchev–Trinajstić information content (AvgIpc) is 3.05. The lowest BCUT2D eigenvalue weighted by Crippen LogP contribution is -2.56. The van der Waals surface area contributed by atoms with Gasteiger partial charge < -0.3 is 24.6 Å². The number of hydrogen-bond donors (Lipinski definition) is 1. The topological polar surface area (TPSA) is 66.4 Å². The van der Waals surface area contributed by atoms with E-state index in [2.05, 4.69) is 10.2 Å². The minimum atomic E-state index is -4.49. The lowest BCUT2D eigenvalue weighted by molar-refractivity contribution is -0.137. The number of urea groups is 1. The molecule has 2 aliphatic heterocycles. The number of piperazine rings is 1. The van der Waals surface area contributed by atoms with E-state index in [1.54, 1.807) is 12.0 Å². The predicted molar refractivity (Wildman–Crippen MR) is 134 cm³/mol. The number of alkyl halides is 3. The first-order valence-corrected chi connectivity index (χ1v) is 11.8. The number of para-hydroxylation sites is 3. The molecule has 2 heterocycles. The number of fused-ring (bicyclic) bond motifs is 2. The number of methoxy groups -OCH3 is 1. The Morgan fingerprint density at radius 3 is 2.62 bits per heavy atom. The summed E-state index contributed by atoms with van der Waals surface area (Å²) in [5.41, 5.74) is 0.723. The highest BCUT2D eigenvalue weighted by Crippen LogP contribution is 2.43. The smallest absolute Gasteiger partial charge is 0.416 e. The van der Waals surface area contributed by atoms with Crippen molar-refractivity contribution in [1.82, 2.24) is 9.80 Å². The number of rotatable bonds is 2. The summed E-state index contributed by atoms with van der Waals surface area (Å²) in [7, 11) is 1.58. The second kappa shape index (κ2) is 9.68. The molecule has 0 bridgehead atoms. The van der Waals surface area contributed by atoms with E-state index in [1.165, 1.54) is 12.1 Å². The van der Waals surface area contributed by atoms with E-state index in [-0.39, 0.29) is 11.7 Å². The Morgan fingerprint density at radius 1 is 1.08 bits per heavy atom. The second-order valence-corrected chi connectivity index (χ2v) is 8.84. The van der Waals surface area contributed by atoms with E-state index in [1.807, 2.05) is 49.4 Å². The molecule has 192 valence electrons. The predicted octanol–water partition coefficient (Wildman–Crippen LogP) is 6.14. The van der Waals surface area contributed by atoms with Crippen LogP contribution in [0.3, 0.4) is 0 Å². The van der Waals surface area contributed by atoms with Gasteiger partial charge in [-0.15, -0.1) is 0 Å². The van der Waals surface area contributed by atoms with Crippen molar-refractivity contribution < 1.29 is 27.4 Å². The van der Waals surface area contributed by atoms with Crippen molar-refractivity contribution in [3.63, 3.8) is 0 Å². The zero-order valence-electron chi connectivity index (χ0n) is 20.2. The van der Waals surface area contributed by atoms with Crippen molar-refractivity contribution in [3.05, 3.63) is 77.9 Å². The zero-order chi connectivity index (χ0) is 26.2. The van der Waals surface area contributed by atoms with Gasteiger partial charge in [0.1, 0.15) is 11.5 Å². The second-order valence-electron chi connectivity index (χ2n) is 8.84. The maximum Gasteiger partial charge on any atom is 0.416 e. The molecule has 1 saturated heterocycles. The number of nitrogens with zero attached hydrogens (tertiary/aromatic N) is 3. The molecule has 1 atom stereocenters. The fourth-order valence-electron chi connectivity index (χ4n) is 4.54. The molecule has 1 N–H and O–H groups in total. The Bertz CT molecular complexity index is 1360. The molecule has 1 fully saturated rings. The van der Waals surface area contributed by atoms with Crippen molar-refractivity contribution in [2.24, 2.45) is 4.99 Å². The summed E-state index contributed by atoms with van der Waals surface area (Å²) < 4.78 is 50.9. The highest BCUT2D eigenvalue weighted by Gasteiger charge is 2.33. The fraction of sp³-hybridized carbons (Fsp3) is 0.259. The molecule has 0 spiro atoms. The molecule has 3 aromatic rings. The Balaban J connectivity index is 1.38. The molecule has 2 aliphatic rings. The summed E-state index contributed by atoms with van der Waals surface area (Å²) in [5.74, 6) is 2.44. The van der Waals surface area contributed by atoms with Crippen LogP contribution in [0.25, 0.3) is 0 Å². The van der Waals surface area contributed by atoms with Crippen molar-refractivity contribution in [2.45, 2.75) is 19.1 Å². The van der Waals surface area contributed by atoms with Crippen LogP contribution in [0, 0.1) is 0 Å². The third-order valence-electron chi connectivity index (χ3n) is 6.37. The lowest BCUT2D eigenvalue weighted by atomic mass is 10.1. The van der Waals surface area contributed by atoms with Gasteiger partial charge in [-0.3, -0.25) is 0 Å². The minimum Gasteiger partial charge on any atom is -0.493 e. The number of carbonyl (C=O) groups is 1. The molecule has 37 heavy (non-hydrogen) atoms. The minimum absolute atomic E-state index is 0.0948. The van der Waals surface area contributed by atoms with Crippen LogP contribution < -0.4 is 14.8 Å². The van der Waals surface area contributed by atoms with Crippen molar-refractivity contribution in [3.8, 4) is 17.2 Å². The summed E-state index contributed by atoms with van der Waals surface area (Å²) in [6.45, 7) is 3.19. The number of benzene rings is 3. The number of aliphatic imine (C=N–C) groups is 1. The molecule has 0 radical (unpaired) electrons. The Morgan fingerprint density at radius 2 is 1.86 bits per heavy atom. The van der Waals surface area contributed by atoms with Crippen LogP contribution in [0.1, 0.15) is 18.1 Å². The summed E-state index contributed by atoms with van der Waals surface area (Å²) in [4.78, 5) is 21.6. The van der Waals surface area contributed by atoms with Gasteiger partial charge in [0.25, 0.3) is 0 Å². The molecular formula is C27H25F3N4O3. The molecule has 10 heteroatoms. The summed E-state index contributed by atoms with van der Waals surface area (Å²) in [6.07, 6.45) is -4.49. The Kier molecular flexibility index (Phi) is 6.41. The van der Waals surface area contributed by atoms with Gasteiger partial charge in [0.15, 0.2) is 17.2 Å². The van der Waals surface area contributed by atoms with Gasteiger partial charge in [-0.1, -0.05) is 24.3 Å². The third kappa shape index (κ3) is 4.91. The monoisotopic (exact) mass is 510 g/mol. The number of amides is 2. The lowest BCUT2D eigenvalue weighted by Gasteiger charge is -2.41. The third-order valence-corrected chi connectivity index (χ3v) is 6.37. The van der Waals surface area contributed by atoms with Gasteiger partial charge in [-0.05, 0) is 49.4 Å². The Labute approximate surface area is 212 Å². The number of amidine groups is 1. The van der Waals surface area contributed by atoms with Crippen LogP contribution in [-0.4, -0.2) is 54.5 Å². The van der Waals surface area contributed by atoms with Crippen molar-refractivity contribution in [1.29, 1.82) is 0 Å². The first-order chi connectivity index (χ1) is 17.7. The van der Waals surface area contributed by atoms with E-state index < -0.39 is 17.8 Å². The van der Waals surface area contributed by atoms with Crippen LogP contribution in [0.4, 0.5) is 29.3 Å². The summed E-state index contributed by atoms with van der Waals surface area (Å²) in [6, 6.07) is 17.0. The average molecular weight is 511 g/mol. The van der Waals surface area contributed by atoms with Gasteiger partial charge >= 0.3 is 12.2 Å². The van der Waals surface area contributed by atoms with E-state index in [0.29, 0.717) is 48.4 Å². The van der Waals surface area contributed by atoms with Crippen LogP contribution in [-0.2, 0) is 6.18 Å². The van der Waals surface area contributed by atoms with E-state index >= 15 is 0 Å². The normalized spacial score (nSPS) is 17.1. The maximum atomic E-state index is 13.1. The largest absolute Gasteiger partial charge is 0.493 e. The van der Waals surface area contributed by atoms with Crippen LogP contribution >= 0.6 is 0 Å². The standard InChI is InChI=1S/C27H25F3N4O3/c1-17-16-33(13-14-34(17)26(35)31-19-8-5-7-18(15-19)27(28,29)30)25-20-9-6-12-23(36-2)24(20)37-22-11-4-3-10-21(22)32-25/h3-12,15,17H,13-14,16H2,1-2H3,(H,31,35)/t17-/m0/s1. The van der Waals surface area contributed by atoms with E-state index in [4.69, 9.17) is 14.5 Å². The van der Waals surface area contributed by atoms with Gasteiger partial charge in [-0.2, -0.15) is 13.2 Å². The number of halogens is 3. The first kappa shape index (κ1) is 24.5. The molecule has 0 aromatic heterocycles. The molecule has 0 aliphatic carbocycles. The van der Waals surface area contributed by atoms with Gasteiger partial charge in [-0.25, -0.2) is 9.79 Å². The summed E-state index contributed by atoms with van der Waals surface area (Å²) in [5, 5.41) is 2.60. The number of carbonyl (C=O) groups excluding carboxylic acids is 1. The number of anilines is 1. The first-order valence-electron chi connectivity index (χ1n) is 11.8. The highest BCUT2D eigenvalue weighted by atomic mass is 19.4. The molecule has 5 rings (SSSR count). The number of nitrogens with one attached hydrogen (secondary N) is 1. The highest BCUT2D eigenvalue weighted by molar-refractivity contribution is 6.04. The molecule has 0 saturated carbocycles. The van der Waals surface area contributed by atoms with Crippen molar-refractivity contribution >= 4 is 23.2 Å². The quantitative estimate of drug-likeness (QED) is 0.450. The van der Waals surface area contributed by atoms with E-state index in [9.17, 15) is 18.0 Å². The van der Waals surface area contributed by atoms with Crippen LogP contribution in [0.2, 0.25) is 0 Å². The zero-order valence-corrected chi connectivity index (χ0v) is 20.2. The Hall–Kier alpha value is -4.21. The van der Waals surface area contributed by atoms with Gasteiger partial charge in [0.2, 0.25) is 0 Å². The molecule has 0 unspecified atom stereocenters. The number of ether oxygens (including phenoxy) is 2. The number of hydrogen-bond acceptors (Lipinski definition) is 5. The van der Waals surface area contributed by atoms with E-state index in [0.717, 1.165) is 17.7 Å². The van der Waals surface area contributed by atoms with Crippen molar-refractivity contribution in [2.75, 3.05) is 32.1 Å². The van der Waals surface area contributed by atoms with Gasteiger partial charge in [0.05, 0.1) is 18.2 Å². The SMILES string of the molecule is COc1cccc2c1Oc1ccccc1N=C2N1CCN(C(=O)Nc2cccc(C(F)(F)F)c2)[C@@H](C)C1. The van der Waals surface area contributed by atoms with Crippen LogP contribution in [0.5, 0.6) is 17.2 Å². The molecule has 3 aromatic carbocycles. The fourth-order valence-corrected chi connectivity index (χ4v) is 4.54. The molecular weight excluding hydrogens is 485 g/mol. The molecule has 7 nitrogen and oxygen atoms in total. The summed E-state index contributed by atoms with van der Waals surface area (Å²) >= 11 is 0. The molecule has 2 amide bonds. The van der Waals surface area contributed by atoms with Crippen LogP contribution in [0.15, 0.2) is 71.7 Å². The van der Waals surface area contributed by atoms with Gasteiger partial charge in [0, 0.05) is 31.4 Å².